The van der Waals surface area contributed by atoms with Gasteiger partial charge in [-0.15, -0.1) is 0 Å². The number of hydrogen-bond donors (Lipinski definition) is 1. The van der Waals surface area contributed by atoms with Gasteiger partial charge in [-0.1, -0.05) is 0 Å². The molecule has 98 valence electrons. The minimum Gasteiger partial charge on any atom is -0.342 e. The molecule has 0 fully saturated rings. The molecule has 0 saturated carbocycles. The number of likely N-dealkylation sites (N-methyl/N-ethyl adjacent to an activating group) is 1. The molecule has 1 aromatic heterocycles. The predicted molar refractivity (Wildman–Crippen MR) is 69.3 cm³/mol. The van der Waals surface area contributed by atoms with Gasteiger partial charge in [0.05, 0.1) is 12.2 Å². The molecule has 0 aliphatic carbocycles. The lowest BCUT2D eigenvalue weighted by molar-refractivity contribution is -0.129. The lowest BCUT2D eigenvalue weighted by atomic mass is 10.2. The summed E-state index contributed by atoms with van der Waals surface area (Å²) in [6.07, 6.45) is 2.37. The number of aldehydes is 1. The van der Waals surface area contributed by atoms with E-state index in [1.54, 1.807) is 23.2 Å². The predicted octanol–water partition coefficient (Wildman–Crippen LogP) is 0.852. The summed E-state index contributed by atoms with van der Waals surface area (Å²) in [5, 5.41) is 3.03. The van der Waals surface area contributed by atoms with E-state index in [1.165, 1.54) is 0 Å². The standard InChI is InChI=1S/C13H19N3O2/c1-3-16(4-2)13(18)9-14-8-12-7-11(10-17)5-6-15-12/h5-7,10,14H,3-4,8-9H2,1-2H3. The van der Waals surface area contributed by atoms with Crippen molar-refractivity contribution < 1.29 is 9.59 Å². The number of amides is 1. The second-order valence-corrected chi connectivity index (χ2v) is 3.87. The van der Waals surface area contributed by atoms with Gasteiger partial charge in [-0.05, 0) is 26.0 Å². The summed E-state index contributed by atoms with van der Waals surface area (Å²) in [4.78, 5) is 28.2. The van der Waals surface area contributed by atoms with Crippen molar-refractivity contribution in [3.8, 4) is 0 Å². The number of carbonyl (C=O) groups is 2. The maximum atomic E-state index is 11.7. The first-order valence-electron chi connectivity index (χ1n) is 6.09. The zero-order valence-corrected chi connectivity index (χ0v) is 10.8. The third kappa shape index (κ3) is 4.25. The summed E-state index contributed by atoms with van der Waals surface area (Å²) >= 11 is 0. The fourth-order valence-corrected chi connectivity index (χ4v) is 1.65. The zero-order valence-electron chi connectivity index (χ0n) is 10.8. The Morgan fingerprint density at radius 3 is 2.78 bits per heavy atom. The number of carbonyl (C=O) groups excluding carboxylic acids is 2. The summed E-state index contributed by atoms with van der Waals surface area (Å²) in [5.41, 5.74) is 1.35. The van der Waals surface area contributed by atoms with Crippen molar-refractivity contribution in [2.75, 3.05) is 19.6 Å². The van der Waals surface area contributed by atoms with Crippen LogP contribution in [0.15, 0.2) is 18.3 Å². The van der Waals surface area contributed by atoms with Gasteiger partial charge < -0.3 is 10.2 Å². The number of nitrogens with zero attached hydrogens (tertiary/aromatic N) is 2. The minimum atomic E-state index is 0.0755. The molecule has 1 aromatic rings. The van der Waals surface area contributed by atoms with Gasteiger partial charge in [0.25, 0.3) is 0 Å². The molecule has 1 heterocycles. The highest BCUT2D eigenvalue weighted by molar-refractivity contribution is 5.78. The molecule has 0 atom stereocenters. The Labute approximate surface area is 107 Å². The van der Waals surface area contributed by atoms with Crippen LogP contribution in [0.25, 0.3) is 0 Å². The van der Waals surface area contributed by atoms with Crippen LogP contribution in [0.3, 0.4) is 0 Å². The lowest BCUT2D eigenvalue weighted by Gasteiger charge is -2.18. The van der Waals surface area contributed by atoms with Gasteiger partial charge in [-0.3, -0.25) is 14.6 Å². The Balaban J connectivity index is 2.41. The molecule has 1 rings (SSSR count). The highest BCUT2D eigenvalue weighted by atomic mass is 16.2. The highest BCUT2D eigenvalue weighted by Crippen LogP contribution is 1.98. The molecule has 1 N–H and O–H groups in total. The van der Waals surface area contributed by atoms with Gasteiger partial charge in [0.1, 0.15) is 6.29 Å². The van der Waals surface area contributed by atoms with E-state index in [-0.39, 0.29) is 12.5 Å². The van der Waals surface area contributed by atoms with Crippen LogP contribution < -0.4 is 5.32 Å². The molecule has 0 spiro atoms. The average Bonchev–Trinajstić information content (AvgIpc) is 2.40. The van der Waals surface area contributed by atoms with E-state index >= 15 is 0 Å². The maximum absolute atomic E-state index is 11.7. The van der Waals surface area contributed by atoms with Crippen LogP contribution in [0.2, 0.25) is 0 Å². The molecule has 0 aromatic carbocycles. The Morgan fingerprint density at radius 2 is 2.17 bits per heavy atom. The molecule has 18 heavy (non-hydrogen) atoms. The summed E-state index contributed by atoms with van der Waals surface area (Å²) in [5.74, 6) is 0.0755. The van der Waals surface area contributed by atoms with Gasteiger partial charge in [0, 0.05) is 31.4 Å². The van der Waals surface area contributed by atoms with Crippen molar-refractivity contribution >= 4 is 12.2 Å². The van der Waals surface area contributed by atoms with E-state index in [2.05, 4.69) is 10.3 Å². The lowest BCUT2D eigenvalue weighted by Crippen LogP contribution is -2.37. The van der Waals surface area contributed by atoms with E-state index < -0.39 is 0 Å². The second kappa shape index (κ2) is 7.55. The Bertz CT molecular complexity index is 403. The van der Waals surface area contributed by atoms with Crippen LogP contribution >= 0.6 is 0 Å². The quantitative estimate of drug-likeness (QED) is 0.728. The maximum Gasteiger partial charge on any atom is 0.236 e. The number of pyridine rings is 1. The van der Waals surface area contributed by atoms with E-state index in [4.69, 9.17) is 0 Å². The van der Waals surface area contributed by atoms with Crippen LogP contribution in [0.1, 0.15) is 29.9 Å². The van der Waals surface area contributed by atoms with Crippen molar-refractivity contribution in [1.29, 1.82) is 0 Å². The first-order valence-corrected chi connectivity index (χ1v) is 6.09. The number of nitrogens with one attached hydrogen (secondary N) is 1. The van der Waals surface area contributed by atoms with Gasteiger partial charge in [-0.25, -0.2) is 0 Å². The molecule has 0 aliphatic rings. The van der Waals surface area contributed by atoms with Crippen LogP contribution in [-0.4, -0.2) is 41.7 Å². The smallest absolute Gasteiger partial charge is 0.236 e. The third-order valence-corrected chi connectivity index (χ3v) is 2.68. The fraction of sp³-hybridized carbons (Fsp3) is 0.462. The van der Waals surface area contributed by atoms with Crippen LogP contribution in [0, 0.1) is 0 Å². The summed E-state index contributed by atoms with van der Waals surface area (Å²) in [7, 11) is 0. The molecule has 0 bridgehead atoms. The van der Waals surface area contributed by atoms with Gasteiger partial charge in [0.15, 0.2) is 0 Å². The Hall–Kier alpha value is -1.75. The van der Waals surface area contributed by atoms with Gasteiger partial charge in [-0.2, -0.15) is 0 Å². The normalized spacial score (nSPS) is 10.1. The van der Waals surface area contributed by atoms with E-state index in [9.17, 15) is 9.59 Å². The topological polar surface area (TPSA) is 62.3 Å². The van der Waals surface area contributed by atoms with Crippen LogP contribution in [0.4, 0.5) is 0 Å². The van der Waals surface area contributed by atoms with Crippen molar-refractivity contribution in [1.82, 2.24) is 15.2 Å². The monoisotopic (exact) mass is 249 g/mol. The molecule has 5 nitrogen and oxygen atoms in total. The Kier molecular flexibility index (Phi) is 6.00. The molecule has 5 heteroatoms. The molecule has 1 amide bonds. The van der Waals surface area contributed by atoms with Crippen molar-refractivity contribution in [2.24, 2.45) is 0 Å². The van der Waals surface area contributed by atoms with Crippen molar-refractivity contribution in [3.63, 3.8) is 0 Å². The van der Waals surface area contributed by atoms with Crippen molar-refractivity contribution in [2.45, 2.75) is 20.4 Å². The number of aromatic nitrogens is 1. The number of rotatable bonds is 7. The van der Waals surface area contributed by atoms with E-state index in [1.807, 2.05) is 13.8 Å². The molecular weight excluding hydrogens is 230 g/mol. The molecule has 0 radical (unpaired) electrons. The van der Waals surface area contributed by atoms with E-state index in [0.29, 0.717) is 12.1 Å². The third-order valence-electron chi connectivity index (χ3n) is 2.68. The first kappa shape index (κ1) is 14.3. The average molecular weight is 249 g/mol. The highest BCUT2D eigenvalue weighted by Gasteiger charge is 2.08. The summed E-state index contributed by atoms with van der Waals surface area (Å²) < 4.78 is 0. The SMILES string of the molecule is CCN(CC)C(=O)CNCc1cc(C=O)ccn1. The first-order chi connectivity index (χ1) is 8.71. The summed E-state index contributed by atoms with van der Waals surface area (Å²) in [6, 6.07) is 3.36. The molecule has 0 saturated heterocycles. The van der Waals surface area contributed by atoms with E-state index in [0.717, 1.165) is 25.1 Å². The van der Waals surface area contributed by atoms with Crippen molar-refractivity contribution in [3.05, 3.63) is 29.6 Å². The fourth-order valence-electron chi connectivity index (χ4n) is 1.65. The van der Waals surface area contributed by atoms with Crippen LogP contribution in [-0.2, 0) is 11.3 Å². The number of hydrogen-bond acceptors (Lipinski definition) is 4. The molecular formula is C13H19N3O2. The summed E-state index contributed by atoms with van der Waals surface area (Å²) in [6.45, 7) is 6.11. The molecule has 0 aliphatic heterocycles. The largest absolute Gasteiger partial charge is 0.342 e. The minimum absolute atomic E-state index is 0.0755. The Morgan fingerprint density at radius 1 is 1.44 bits per heavy atom. The molecule has 0 unspecified atom stereocenters. The van der Waals surface area contributed by atoms with Crippen LogP contribution in [0.5, 0.6) is 0 Å². The second-order valence-electron chi connectivity index (χ2n) is 3.87. The zero-order chi connectivity index (χ0) is 13.4. The van der Waals surface area contributed by atoms with Gasteiger partial charge >= 0.3 is 0 Å². The van der Waals surface area contributed by atoms with Gasteiger partial charge in [0.2, 0.25) is 5.91 Å².